The molecule has 1 saturated heterocycles. The van der Waals surface area contributed by atoms with E-state index in [0.717, 1.165) is 6.26 Å². The Morgan fingerprint density at radius 3 is 2.45 bits per heavy atom. The lowest BCUT2D eigenvalue weighted by atomic mass is 10.1. The van der Waals surface area contributed by atoms with Crippen LogP contribution in [0.3, 0.4) is 0 Å². The minimum absolute atomic E-state index is 0.0864. The Bertz CT molecular complexity index is 442. The number of ether oxygens (including phenoxy) is 1. The average molecular weight is 308 g/mol. The van der Waals surface area contributed by atoms with E-state index < -0.39 is 15.8 Å². The molecule has 1 aliphatic rings. The SMILES string of the molecule is CS(=O)(=O)CCNC(=O)N1CCC(OCC(=O)O)CC1. The highest BCUT2D eigenvalue weighted by Crippen LogP contribution is 2.13. The summed E-state index contributed by atoms with van der Waals surface area (Å²) in [7, 11) is -3.08. The number of rotatable bonds is 6. The molecule has 8 nitrogen and oxygen atoms in total. The molecule has 9 heteroatoms. The van der Waals surface area contributed by atoms with Crippen LogP contribution in [0.25, 0.3) is 0 Å². The molecule has 2 amide bonds. The van der Waals surface area contributed by atoms with E-state index in [1.807, 2.05) is 0 Å². The predicted octanol–water partition coefficient (Wildman–Crippen LogP) is -0.694. The topological polar surface area (TPSA) is 113 Å². The molecule has 1 aliphatic heterocycles. The third-order valence-corrected chi connectivity index (χ3v) is 3.87. The number of carboxylic acid groups (broad SMARTS) is 1. The van der Waals surface area contributed by atoms with Crippen molar-refractivity contribution in [3.05, 3.63) is 0 Å². The Morgan fingerprint density at radius 1 is 1.35 bits per heavy atom. The fourth-order valence-corrected chi connectivity index (χ4v) is 2.34. The summed E-state index contributed by atoms with van der Waals surface area (Å²) in [4.78, 5) is 23.7. The molecule has 0 aromatic rings. The van der Waals surface area contributed by atoms with Crippen molar-refractivity contribution in [1.29, 1.82) is 0 Å². The van der Waals surface area contributed by atoms with Crippen molar-refractivity contribution in [1.82, 2.24) is 10.2 Å². The minimum atomic E-state index is -3.08. The van der Waals surface area contributed by atoms with Gasteiger partial charge in [0.15, 0.2) is 0 Å². The monoisotopic (exact) mass is 308 g/mol. The Balaban J connectivity index is 2.23. The van der Waals surface area contributed by atoms with E-state index >= 15 is 0 Å². The normalized spacial score (nSPS) is 16.9. The maximum atomic E-state index is 11.7. The molecule has 0 atom stereocenters. The van der Waals surface area contributed by atoms with Gasteiger partial charge in [-0.3, -0.25) is 0 Å². The summed E-state index contributed by atoms with van der Waals surface area (Å²) in [5, 5.41) is 11.0. The second kappa shape index (κ2) is 7.44. The second-order valence-electron chi connectivity index (χ2n) is 4.75. The molecular formula is C11H20N2O6S. The summed E-state index contributed by atoms with van der Waals surface area (Å²) in [6, 6.07) is -0.301. The number of carbonyl (C=O) groups is 2. The first kappa shape index (κ1) is 16.7. The molecule has 0 aromatic heterocycles. The summed E-state index contributed by atoms with van der Waals surface area (Å²) in [5.41, 5.74) is 0. The van der Waals surface area contributed by atoms with Crippen LogP contribution in [0.15, 0.2) is 0 Å². The first-order valence-corrected chi connectivity index (χ1v) is 8.38. The second-order valence-corrected chi connectivity index (χ2v) is 7.01. The molecule has 1 heterocycles. The van der Waals surface area contributed by atoms with Crippen LogP contribution in [0.2, 0.25) is 0 Å². The highest BCUT2D eigenvalue weighted by molar-refractivity contribution is 7.90. The predicted molar refractivity (Wildman–Crippen MR) is 71.3 cm³/mol. The Morgan fingerprint density at radius 2 is 1.95 bits per heavy atom. The Kier molecular flexibility index (Phi) is 6.21. The molecule has 1 rings (SSSR count). The number of sulfone groups is 1. The molecule has 0 bridgehead atoms. The van der Waals surface area contributed by atoms with Gasteiger partial charge in [-0.05, 0) is 12.8 Å². The summed E-state index contributed by atoms with van der Waals surface area (Å²) in [5.74, 6) is -1.09. The molecule has 2 N–H and O–H groups in total. The number of carboxylic acids is 1. The fourth-order valence-electron chi connectivity index (χ4n) is 1.87. The van der Waals surface area contributed by atoms with Crippen LogP contribution in [0.1, 0.15) is 12.8 Å². The van der Waals surface area contributed by atoms with Crippen molar-refractivity contribution < 1.29 is 27.9 Å². The summed E-state index contributed by atoms with van der Waals surface area (Å²) >= 11 is 0. The van der Waals surface area contributed by atoms with Crippen LogP contribution in [-0.4, -0.2) is 74.8 Å². The Hall–Kier alpha value is -1.35. The van der Waals surface area contributed by atoms with Gasteiger partial charge in [-0.25, -0.2) is 18.0 Å². The van der Waals surface area contributed by atoms with Crippen molar-refractivity contribution in [2.45, 2.75) is 18.9 Å². The summed E-state index contributed by atoms with van der Waals surface area (Å²) in [6.07, 6.45) is 2.12. The van der Waals surface area contributed by atoms with Gasteiger partial charge in [-0.2, -0.15) is 0 Å². The average Bonchev–Trinajstić information content (AvgIpc) is 2.35. The smallest absolute Gasteiger partial charge is 0.329 e. The molecule has 0 spiro atoms. The van der Waals surface area contributed by atoms with Crippen LogP contribution in [0.5, 0.6) is 0 Å². The third kappa shape index (κ3) is 6.71. The van der Waals surface area contributed by atoms with Crippen LogP contribution < -0.4 is 5.32 Å². The number of carbonyl (C=O) groups excluding carboxylic acids is 1. The van der Waals surface area contributed by atoms with E-state index in [0.29, 0.717) is 25.9 Å². The molecular weight excluding hydrogens is 288 g/mol. The van der Waals surface area contributed by atoms with E-state index in [1.54, 1.807) is 4.90 Å². The zero-order valence-electron chi connectivity index (χ0n) is 11.4. The van der Waals surface area contributed by atoms with E-state index in [1.165, 1.54) is 0 Å². The minimum Gasteiger partial charge on any atom is -0.480 e. The number of likely N-dealkylation sites (tertiary alicyclic amines) is 1. The summed E-state index contributed by atoms with van der Waals surface area (Å²) < 4.78 is 27.0. The van der Waals surface area contributed by atoms with Gasteiger partial charge in [-0.1, -0.05) is 0 Å². The molecule has 0 saturated carbocycles. The van der Waals surface area contributed by atoms with Gasteiger partial charge >= 0.3 is 12.0 Å². The standard InChI is InChI=1S/C11H20N2O6S/c1-20(17,18)7-4-12-11(16)13-5-2-9(3-6-13)19-8-10(14)15/h9H,2-8H2,1H3,(H,12,16)(H,14,15). The highest BCUT2D eigenvalue weighted by atomic mass is 32.2. The fraction of sp³-hybridized carbons (Fsp3) is 0.818. The van der Waals surface area contributed by atoms with Gasteiger partial charge in [-0.15, -0.1) is 0 Å². The van der Waals surface area contributed by atoms with Crippen molar-refractivity contribution in [3.63, 3.8) is 0 Å². The van der Waals surface area contributed by atoms with Crippen LogP contribution >= 0.6 is 0 Å². The molecule has 0 radical (unpaired) electrons. The van der Waals surface area contributed by atoms with Gasteiger partial charge in [0.2, 0.25) is 0 Å². The number of urea groups is 1. The first-order chi connectivity index (χ1) is 9.28. The van der Waals surface area contributed by atoms with Gasteiger partial charge in [0.05, 0.1) is 11.9 Å². The van der Waals surface area contributed by atoms with Gasteiger partial charge in [0.1, 0.15) is 16.4 Å². The van der Waals surface area contributed by atoms with Crippen LogP contribution in [0.4, 0.5) is 4.79 Å². The largest absolute Gasteiger partial charge is 0.480 e. The maximum absolute atomic E-state index is 11.7. The quantitative estimate of drug-likeness (QED) is 0.671. The van der Waals surface area contributed by atoms with E-state index in [-0.39, 0.29) is 31.0 Å². The van der Waals surface area contributed by atoms with Gasteiger partial charge in [0, 0.05) is 25.9 Å². The third-order valence-electron chi connectivity index (χ3n) is 2.92. The number of nitrogens with zero attached hydrogens (tertiary/aromatic N) is 1. The van der Waals surface area contributed by atoms with E-state index in [2.05, 4.69) is 5.32 Å². The van der Waals surface area contributed by atoms with E-state index in [9.17, 15) is 18.0 Å². The van der Waals surface area contributed by atoms with Crippen LogP contribution in [0, 0.1) is 0 Å². The number of piperidine rings is 1. The summed E-state index contributed by atoms with van der Waals surface area (Å²) in [6.45, 7) is 0.697. The van der Waals surface area contributed by atoms with Gasteiger partial charge < -0.3 is 20.1 Å². The zero-order chi connectivity index (χ0) is 15.2. The number of hydrogen-bond acceptors (Lipinski definition) is 5. The molecule has 1 fully saturated rings. The highest BCUT2D eigenvalue weighted by Gasteiger charge is 2.23. The van der Waals surface area contributed by atoms with Crippen LogP contribution in [-0.2, 0) is 19.4 Å². The van der Waals surface area contributed by atoms with Crippen molar-refractivity contribution in [2.75, 3.05) is 38.2 Å². The maximum Gasteiger partial charge on any atom is 0.329 e. The lowest BCUT2D eigenvalue weighted by Gasteiger charge is -2.31. The lowest BCUT2D eigenvalue weighted by Crippen LogP contribution is -2.47. The number of nitrogens with one attached hydrogen (secondary N) is 1. The number of aliphatic carboxylic acids is 1. The number of amides is 2. The van der Waals surface area contributed by atoms with Gasteiger partial charge in [0.25, 0.3) is 0 Å². The van der Waals surface area contributed by atoms with E-state index in [4.69, 9.17) is 9.84 Å². The van der Waals surface area contributed by atoms with Crippen molar-refractivity contribution >= 4 is 21.8 Å². The molecule has 0 aliphatic carbocycles. The van der Waals surface area contributed by atoms with Crippen molar-refractivity contribution in [2.24, 2.45) is 0 Å². The lowest BCUT2D eigenvalue weighted by molar-refractivity contribution is -0.145. The Labute approximate surface area is 118 Å². The number of hydrogen-bond donors (Lipinski definition) is 2. The first-order valence-electron chi connectivity index (χ1n) is 6.32. The zero-order valence-corrected chi connectivity index (χ0v) is 12.2. The molecule has 0 aromatic carbocycles. The van der Waals surface area contributed by atoms with Crippen molar-refractivity contribution in [3.8, 4) is 0 Å². The molecule has 0 unspecified atom stereocenters. The molecule has 116 valence electrons. The molecule has 20 heavy (non-hydrogen) atoms.